The maximum atomic E-state index is 12.1. The van der Waals surface area contributed by atoms with Gasteiger partial charge in [-0.25, -0.2) is 4.79 Å². The van der Waals surface area contributed by atoms with Crippen molar-refractivity contribution in [3.8, 4) is 11.3 Å². The fourth-order valence-corrected chi connectivity index (χ4v) is 2.77. The Morgan fingerprint density at radius 1 is 1.23 bits per heavy atom. The van der Waals surface area contributed by atoms with E-state index in [4.69, 9.17) is 11.6 Å². The first-order valence-corrected chi connectivity index (χ1v) is 7.86. The maximum absolute atomic E-state index is 12.1. The van der Waals surface area contributed by atoms with Gasteiger partial charge in [0.1, 0.15) is 5.69 Å². The van der Waals surface area contributed by atoms with Gasteiger partial charge in [0.05, 0.1) is 11.4 Å². The summed E-state index contributed by atoms with van der Waals surface area (Å²) >= 11 is 7.40. The second kappa shape index (κ2) is 6.21. The number of aromatic nitrogens is 2. The van der Waals surface area contributed by atoms with Crippen LogP contribution in [-0.2, 0) is 0 Å². The van der Waals surface area contributed by atoms with E-state index in [1.54, 1.807) is 35.6 Å². The standard InChI is InChI=1S/C15H13ClN4OS/c1-9-13(14(20-19-9)10-6-7-22-8-10)18-15(21)17-12-4-2-11(16)3-5-12/h2-8H,1H3,(H,19,20)(H2,17,18,21). The zero-order valence-electron chi connectivity index (χ0n) is 11.7. The Balaban J connectivity index is 1.77. The van der Waals surface area contributed by atoms with Crippen LogP contribution in [0.2, 0.25) is 5.02 Å². The molecule has 0 aliphatic heterocycles. The molecule has 112 valence electrons. The van der Waals surface area contributed by atoms with Crippen LogP contribution in [0.1, 0.15) is 5.69 Å². The normalized spacial score (nSPS) is 10.5. The molecule has 7 heteroatoms. The number of aromatic amines is 1. The first-order chi connectivity index (χ1) is 10.6. The van der Waals surface area contributed by atoms with Gasteiger partial charge in [0, 0.05) is 21.7 Å². The number of nitrogens with one attached hydrogen (secondary N) is 3. The second-order valence-electron chi connectivity index (χ2n) is 4.67. The van der Waals surface area contributed by atoms with Gasteiger partial charge in [-0.1, -0.05) is 11.6 Å². The molecule has 2 heterocycles. The summed E-state index contributed by atoms with van der Waals surface area (Å²) in [7, 11) is 0. The van der Waals surface area contributed by atoms with Crippen molar-refractivity contribution in [1.29, 1.82) is 0 Å². The minimum absolute atomic E-state index is 0.330. The van der Waals surface area contributed by atoms with Gasteiger partial charge < -0.3 is 10.6 Å². The zero-order chi connectivity index (χ0) is 15.5. The van der Waals surface area contributed by atoms with Crippen molar-refractivity contribution in [3.05, 3.63) is 51.8 Å². The second-order valence-corrected chi connectivity index (χ2v) is 5.89. The average Bonchev–Trinajstić information content (AvgIpc) is 3.12. The van der Waals surface area contributed by atoms with Crippen LogP contribution < -0.4 is 10.6 Å². The summed E-state index contributed by atoms with van der Waals surface area (Å²) in [5.41, 5.74) is 3.83. The smallest absolute Gasteiger partial charge is 0.308 e. The van der Waals surface area contributed by atoms with Crippen molar-refractivity contribution in [2.75, 3.05) is 10.6 Å². The lowest BCUT2D eigenvalue weighted by atomic mass is 10.2. The van der Waals surface area contributed by atoms with Crippen LogP contribution in [0.4, 0.5) is 16.2 Å². The van der Waals surface area contributed by atoms with Gasteiger partial charge in [-0.2, -0.15) is 16.4 Å². The lowest BCUT2D eigenvalue weighted by Crippen LogP contribution is -2.20. The van der Waals surface area contributed by atoms with Gasteiger partial charge in [-0.05, 0) is 42.6 Å². The maximum Gasteiger partial charge on any atom is 0.323 e. The summed E-state index contributed by atoms with van der Waals surface area (Å²) in [6, 6.07) is 8.55. The zero-order valence-corrected chi connectivity index (χ0v) is 13.3. The molecule has 3 rings (SSSR count). The van der Waals surface area contributed by atoms with E-state index >= 15 is 0 Å². The molecule has 2 aromatic heterocycles. The molecule has 0 bridgehead atoms. The molecule has 22 heavy (non-hydrogen) atoms. The molecule has 0 atom stereocenters. The number of H-pyrrole nitrogens is 1. The van der Waals surface area contributed by atoms with E-state index in [0.717, 1.165) is 17.0 Å². The van der Waals surface area contributed by atoms with Gasteiger partial charge in [-0.15, -0.1) is 0 Å². The fourth-order valence-electron chi connectivity index (χ4n) is 2.00. The third-order valence-corrected chi connectivity index (χ3v) is 4.02. The number of rotatable bonds is 3. The monoisotopic (exact) mass is 332 g/mol. The van der Waals surface area contributed by atoms with E-state index in [9.17, 15) is 4.79 Å². The van der Waals surface area contributed by atoms with Gasteiger partial charge in [-0.3, -0.25) is 5.10 Å². The lowest BCUT2D eigenvalue weighted by Gasteiger charge is -2.08. The van der Waals surface area contributed by atoms with Crippen LogP contribution in [0.25, 0.3) is 11.3 Å². The number of carbonyl (C=O) groups excluding carboxylic acids is 1. The molecule has 3 aromatic rings. The molecule has 5 nitrogen and oxygen atoms in total. The van der Waals surface area contributed by atoms with E-state index in [2.05, 4.69) is 20.8 Å². The Labute approximate surface area is 136 Å². The summed E-state index contributed by atoms with van der Waals surface area (Å²) in [6.45, 7) is 1.86. The third kappa shape index (κ3) is 3.13. The van der Waals surface area contributed by atoms with E-state index in [-0.39, 0.29) is 6.03 Å². The number of amides is 2. The Morgan fingerprint density at radius 3 is 2.68 bits per heavy atom. The summed E-state index contributed by atoms with van der Waals surface area (Å²) in [4.78, 5) is 12.1. The first kappa shape index (κ1) is 14.6. The number of thiophene rings is 1. The number of benzene rings is 1. The molecule has 0 radical (unpaired) electrons. The number of urea groups is 1. The summed E-state index contributed by atoms with van der Waals surface area (Å²) < 4.78 is 0. The van der Waals surface area contributed by atoms with Crippen molar-refractivity contribution in [3.63, 3.8) is 0 Å². The topological polar surface area (TPSA) is 69.8 Å². The highest BCUT2D eigenvalue weighted by atomic mass is 35.5. The van der Waals surface area contributed by atoms with E-state index < -0.39 is 0 Å². The molecule has 1 aromatic carbocycles. The molecular formula is C15H13ClN4OS. The predicted octanol–water partition coefficient (Wildman–Crippen LogP) is 4.74. The summed E-state index contributed by atoms with van der Waals surface area (Å²) in [6.07, 6.45) is 0. The number of carbonyl (C=O) groups is 1. The molecular weight excluding hydrogens is 320 g/mol. The van der Waals surface area contributed by atoms with Crippen LogP contribution in [0.15, 0.2) is 41.1 Å². The summed E-state index contributed by atoms with van der Waals surface area (Å²) in [5.74, 6) is 0. The van der Waals surface area contributed by atoms with Gasteiger partial charge in [0.25, 0.3) is 0 Å². The highest BCUT2D eigenvalue weighted by Gasteiger charge is 2.15. The minimum atomic E-state index is -0.330. The highest BCUT2D eigenvalue weighted by molar-refractivity contribution is 7.08. The van der Waals surface area contributed by atoms with Crippen LogP contribution >= 0.6 is 22.9 Å². The van der Waals surface area contributed by atoms with Crippen molar-refractivity contribution in [2.45, 2.75) is 6.92 Å². The highest BCUT2D eigenvalue weighted by Crippen LogP contribution is 2.30. The van der Waals surface area contributed by atoms with E-state index in [1.165, 1.54) is 0 Å². The third-order valence-electron chi connectivity index (χ3n) is 3.08. The Morgan fingerprint density at radius 2 is 2.00 bits per heavy atom. The van der Waals surface area contributed by atoms with Crippen molar-refractivity contribution in [2.24, 2.45) is 0 Å². The van der Waals surface area contributed by atoms with Gasteiger partial charge in [0.2, 0.25) is 0 Å². The molecule has 3 N–H and O–H groups in total. The van der Waals surface area contributed by atoms with Crippen molar-refractivity contribution >= 4 is 40.3 Å². The van der Waals surface area contributed by atoms with Crippen LogP contribution in [0.3, 0.4) is 0 Å². The Bertz CT molecular complexity index is 780. The van der Waals surface area contributed by atoms with Crippen LogP contribution in [0, 0.1) is 6.92 Å². The van der Waals surface area contributed by atoms with Crippen molar-refractivity contribution < 1.29 is 4.79 Å². The largest absolute Gasteiger partial charge is 0.323 e. The molecule has 0 spiro atoms. The van der Waals surface area contributed by atoms with E-state index in [1.807, 2.05) is 23.8 Å². The predicted molar refractivity (Wildman–Crippen MR) is 90.7 cm³/mol. The average molecular weight is 333 g/mol. The van der Waals surface area contributed by atoms with Crippen LogP contribution in [0.5, 0.6) is 0 Å². The summed E-state index contributed by atoms with van der Waals surface area (Å²) in [5, 5.41) is 17.3. The molecule has 0 fully saturated rings. The molecule has 2 amide bonds. The SMILES string of the molecule is Cc1[nH]nc(-c2ccsc2)c1NC(=O)Nc1ccc(Cl)cc1. The first-order valence-electron chi connectivity index (χ1n) is 6.54. The molecule has 0 aliphatic carbocycles. The minimum Gasteiger partial charge on any atom is -0.308 e. The Kier molecular flexibility index (Phi) is 4.13. The number of nitrogens with zero attached hydrogens (tertiary/aromatic N) is 1. The number of aryl methyl sites for hydroxylation is 1. The molecule has 0 saturated heterocycles. The van der Waals surface area contributed by atoms with E-state index in [0.29, 0.717) is 16.4 Å². The van der Waals surface area contributed by atoms with Gasteiger partial charge >= 0.3 is 6.03 Å². The molecule has 0 saturated carbocycles. The molecule has 0 unspecified atom stereocenters. The lowest BCUT2D eigenvalue weighted by molar-refractivity contribution is 0.262. The van der Waals surface area contributed by atoms with Crippen molar-refractivity contribution in [1.82, 2.24) is 10.2 Å². The van der Waals surface area contributed by atoms with Gasteiger partial charge in [0.15, 0.2) is 0 Å². The fraction of sp³-hybridized carbons (Fsp3) is 0.0667. The quantitative estimate of drug-likeness (QED) is 0.648. The number of anilines is 2. The number of hydrogen-bond donors (Lipinski definition) is 3. The number of hydrogen-bond acceptors (Lipinski definition) is 3. The Hall–Kier alpha value is -2.31. The number of halogens is 1. The van der Waals surface area contributed by atoms with Crippen LogP contribution in [-0.4, -0.2) is 16.2 Å². The molecule has 0 aliphatic rings.